The third-order valence-corrected chi connectivity index (χ3v) is 4.37. The van der Waals surface area contributed by atoms with E-state index in [-0.39, 0.29) is 22.0 Å². The lowest BCUT2D eigenvalue weighted by Crippen LogP contribution is -2.34. The van der Waals surface area contributed by atoms with Crippen LogP contribution in [0, 0.1) is 3.57 Å². The standard InChI is InChI=1S/C18H17IN4O2S2/c1-2-15(24)22-17(26)20-13-6-8-14(9-7-13)21-18(27)23-16(25)11-4-3-5-12(19)10-11/h3-10H,2H2,1H3,(H2,20,22,24,26)(H2,21,23,25,27). The number of amides is 2. The van der Waals surface area contributed by atoms with Crippen molar-refractivity contribution in [3.05, 3.63) is 57.7 Å². The molecule has 0 spiro atoms. The molecule has 0 aliphatic rings. The third kappa shape index (κ3) is 7.19. The number of nitrogens with one attached hydrogen (secondary N) is 4. The fourth-order valence-electron chi connectivity index (χ4n) is 1.98. The van der Waals surface area contributed by atoms with Crippen molar-refractivity contribution in [1.29, 1.82) is 0 Å². The van der Waals surface area contributed by atoms with Gasteiger partial charge in [0.15, 0.2) is 10.2 Å². The average Bonchev–Trinajstić information content (AvgIpc) is 2.63. The van der Waals surface area contributed by atoms with Crippen molar-refractivity contribution < 1.29 is 9.59 Å². The highest BCUT2D eigenvalue weighted by molar-refractivity contribution is 14.1. The summed E-state index contributed by atoms with van der Waals surface area (Å²) in [6.45, 7) is 1.75. The van der Waals surface area contributed by atoms with Crippen LogP contribution in [-0.2, 0) is 4.79 Å². The molecular formula is C18H17IN4O2S2. The highest BCUT2D eigenvalue weighted by Crippen LogP contribution is 2.14. The summed E-state index contributed by atoms with van der Waals surface area (Å²) in [4.78, 5) is 23.5. The molecule has 4 N–H and O–H groups in total. The summed E-state index contributed by atoms with van der Waals surface area (Å²) >= 11 is 12.4. The normalized spacial score (nSPS) is 9.85. The van der Waals surface area contributed by atoms with Gasteiger partial charge in [-0.05, 0) is 89.5 Å². The van der Waals surface area contributed by atoms with Crippen molar-refractivity contribution in [2.75, 3.05) is 10.6 Å². The van der Waals surface area contributed by atoms with E-state index in [1.54, 1.807) is 43.3 Å². The molecule has 0 unspecified atom stereocenters. The zero-order valence-corrected chi connectivity index (χ0v) is 18.1. The summed E-state index contributed by atoms with van der Waals surface area (Å²) in [6, 6.07) is 14.3. The van der Waals surface area contributed by atoms with Crippen molar-refractivity contribution in [2.24, 2.45) is 0 Å². The molecule has 0 atom stereocenters. The molecule has 0 aromatic heterocycles. The molecule has 27 heavy (non-hydrogen) atoms. The van der Waals surface area contributed by atoms with Crippen molar-refractivity contribution in [3.63, 3.8) is 0 Å². The monoisotopic (exact) mass is 512 g/mol. The van der Waals surface area contributed by atoms with E-state index < -0.39 is 0 Å². The first-order chi connectivity index (χ1) is 12.9. The first-order valence-corrected chi connectivity index (χ1v) is 9.85. The highest BCUT2D eigenvalue weighted by Gasteiger charge is 2.08. The van der Waals surface area contributed by atoms with Gasteiger partial charge >= 0.3 is 0 Å². The molecule has 2 aromatic rings. The molecule has 0 heterocycles. The maximum absolute atomic E-state index is 12.2. The summed E-state index contributed by atoms with van der Waals surface area (Å²) in [5, 5.41) is 11.5. The number of carbonyl (C=O) groups is 2. The average molecular weight is 512 g/mol. The van der Waals surface area contributed by atoms with Crippen LogP contribution in [0.3, 0.4) is 0 Å². The predicted molar refractivity (Wildman–Crippen MR) is 124 cm³/mol. The van der Waals surface area contributed by atoms with Gasteiger partial charge in [-0.2, -0.15) is 0 Å². The van der Waals surface area contributed by atoms with Gasteiger partial charge in [0, 0.05) is 26.9 Å². The van der Waals surface area contributed by atoms with E-state index in [0.717, 1.165) is 9.26 Å². The lowest BCUT2D eigenvalue weighted by atomic mass is 10.2. The Kier molecular flexibility index (Phi) is 8.07. The van der Waals surface area contributed by atoms with Crippen LogP contribution in [0.1, 0.15) is 23.7 Å². The van der Waals surface area contributed by atoms with Gasteiger partial charge in [0.05, 0.1) is 0 Å². The Morgan fingerprint density at radius 1 is 0.926 bits per heavy atom. The smallest absolute Gasteiger partial charge is 0.257 e. The Hall–Kier alpha value is -2.11. The van der Waals surface area contributed by atoms with E-state index in [0.29, 0.717) is 17.7 Å². The van der Waals surface area contributed by atoms with E-state index in [4.69, 9.17) is 24.4 Å². The molecule has 0 radical (unpaired) electrons. The first-order valence-electron chi connectivity index (χ1n) is 7.96. The molecule has 0 saturated heterocycles. The lowest BCUT2D eigenvalue weighted by Gasteiger charge is -2.12. The molecule has 6 nitrogen and oxygen atoms in total. The van der Waals surface area contributed by atoms with Crippen LogP contribution in [0.15, 0.2) is 48.5 Å². The van der Waals surface area contributed by atoms with E-state index in [1.165, 1.54) is 0 Å². The minimum Gasteiger partial charge on any atom is -0.332 e. The van der Waals surface area contributed by atoms with Gasteiger partial charge in [0.25, 0.3) is 5.91 Å². The Morgan fingerprint density at radius 2 is 1.48 bits per heavy atom. The fraction of sp³-hybridized carbons (Fsp3) is 0.111. The molecular weight excluding hydrogens is 495 g/mol. The second-order valence-corrected chi connectivity index (χ2v) is 7.41. The molecule has 0 aliphatic carbocycles. The summed E-state index contributed by atoms with van der Waals surface area (Å²) in [5.74, 6) is -0.429. The fourth-order valence-corrected chi connectivity index (χ4v) is 2.97. The summed E-state index contributed by atoms with van der Waals surface area (Å²) < 4.78 is 0.968. The molecule has 9 heteroatoms. The van der Waals surface area contributed by atoms with E-state index in [1.807, 2.05) is 12.1 Å². The predicted octanol–water partition coefficient (Wildman–Crippen LogP) is 3.64. The topological polar surface area (TPSA) is 82.3 Å². The Balaban J connectivity index is 1.88. The quantitative estimate of drug-likeness (QED) is 0.370. The molecule has 140 valence electrons. The van der Waals surface area contributed by atoms with Crippen molar-refractivity contribution in [1.82, 2.24) is 10.6 Å². The summed E-state index contributed by atoms with van der Waals surface area (Å²) in [7, 11) is 0. The number of anilines is 2. The summed E-state index contributed by atoms with van der Waals surface area (Å²) in [6.07, 6.45) is 0.357. The van der Waals surface area contributed by atoms with Crippen LogP contribution < -0.4 is 21.3 Å². The van der Waals surface area contributed by atoms with Crippen molar-refractivity contribution >= 4 is 80.4 Å². The van der Waals surface area contributed by atoms with Gasteiger partial charge in [-0.25, -0.2) is 0 Å². The molecule has 2 aromatic carbocycles. The Morgan fingerprint density at radius 3 is 2.00 bits per heavy atom. The number of hydrogen-bond donors (Lipinski definition) is 4. The number of thiocarbonyl (C=S) groups is 2. The molecule has 2 rings (SSSR count). The largest absolute Gasteiger partial charge is 0.332 e. The number of rotatable bonds is 4. The van der Waals surface area contributed by atoms with E-state index >= 15 is 0 Å². The van der Waals surface area contributed by atoms with Crippen molar-refractivity contribution in [3.8, 4) is 0 Å². The lowest BCUT2D eigenvalue weighted by molar-refractivity contribution is -0.119. The molecule has 0 saturated carbocycles. The highest BCUT2D eigenvalue weighted by atomic mass is 127. The van der Waals surface area contributed by atoms with Gasteiger partial charge in [-0.3, -0.25) is 14.9 Å². The minimum absolute atomic E-state index is 0.153. The number of carbonyl (C=O) groups excluding carboxylic acids is 2. The van der Waals surface area contributed by atoms with Crippen LogP contribution in [0.2, 0.25) is 0 Å². The second kappa shape index (κ2) is 10.3. The Labute approximate surface area is 181 Å². The van der Waals surface area contributed by atoms with Crippen molar-refractivity contribution in [2.45, 2.75) is 13.3 Å². The maximum atomic E-state index is 12.2. The number of benzene rings is 2. The maximum Gasteiger partial charge on any atom is 0.257 e. The first kappa shape index (κ1) is 21.2. The molecule has 0 fully saturated rings. The molecule has 2 amide bonds. The van der Waals surface area contributed by atoms with Gasteiger partial charge in [0.2, 0.25) is 5.91 Å². The third-order valence-electron chi connectivity index (χ3n) is 3.29. The van der Waals surface area contributed by atoms with Crippen LogP contribution in [0.5, 0.6) is 0 Å². The second-order valence-electron chi connectivity index (χ2n) is 5.35. The van der Waals surface area contributed by atoms with Gasteiger partial charge in [-0.1, -0.05) is 13.0 Å². The van der Waals surface area contributed by atoms with Crippen LogP contribution in [0.4, 0.5) is 11.4 Å². The van der Waals surface area contributed by atoms with Gasteiger partial charge < -0.3 is 16.0 Å². The van der Waals surface area contributed by atoms with Gasteiger partial charge in [0.1, 0.15) is 0 Å². The molecule has 0 aliphatic heterocycles. The van der Waals surface area contributed by atoms with Crippen LogP contribution >= 0.6 is 47.0 Å². The van der Waals surface area contributed by atoms with E-state index in [9.17, 15) is 9.59 Å². The molecule has 0 bridgehead atoms. The number of hydrogen-bond acceptors (Lipinski definition) is 4. The van der Waals surface area contributed by atoms with Crippen LogP contribution in [-0.4, -0.2) is 22.0 Å². The zero-order valence-electron chi connectivity index (χ0n) is 14.3. The van der Waals surface area contributed by atoms with Gasteiger partial charge in [-0.15, -0.1) is 0 Å². The Bertz CT molecular complexity index is 872. The zero-order chi connectivity index (χ0) is 19.8. The number of halogens is 1. The van der Waals surface area contributed by atoms with Crippen LogP contribution in [0.25, 0.3) is 0 Å². The minimum atomic E-state index is -0.277. The van der Waals surface area contributed by atoms with E-state index in [2.05, 4.69) is 43.9 Å². The summed E-state index contributed by atoms with van der Waals surface area (Å²) in [5.41, 5.74) is 1.96. The SMILES string of the molecule is CCC(=O)NC(=S)Nc1ccc(NC(=S)NC(=O)c2cccc(I)c2)cc1.